The highest BCUT2D eigenvalue weighted by Crippen LogP contribution is 2.26. The predicted octanol–water partition coefficient (Wildman–Crippen LogP) is 3.84. The monoisotopic (exact) mass is 472 g/mol. The Morgan fingerprint density at radius 2 is 1.70 bits per heavy atom. The van der Waals surface area contributed by atoms with Crippen molar-refractivity contribution in [2.75, 3.05) is 18.4 Å². The Morgan fingerprint density at radius 1 is 1.06 bits per heavy atom. The Balaban J connectivity index is 1.52. The molecule has 1 amide bonds. The molecule has 1 atom stereocenters. The van der Waals surface area contributed by atoms with Gasteiger partial charge in [0.05, 0.1) is 10.8 Å². The van der Waals surface area contributed by atoms with Gasteiger partial charge in [-0.2, -0.15) is 4.31 Å². The third-order valence-electron chi connectivity index (χ3n) is 6.20. The Bertz CT molecular complexity index is 1100. The van der Waals surface area contributed by atoms with Crippen molar-refractivity contribution < 1.29 is 22.7 Å². The summed E-state index contributed by atoms with van der Waals surface area (Å²) in [5, 5.41) is 2.75. The molecule has 0 saturated carbocycles. The third kappa shape index (κ3) is 6.00. The molecule has 2 aromatic rings. The lowest BCUT2D eigenvalue weighted by Gasteiger charge is -2.30. The summed E-state index contributed by atoms with van der Waals surface area (Å²) in [6.45, 7) is 7.88. The Hall–Kier alpha value is -2.71. The molecule has 0 aromatic heterocycles. The van der Waals surface area contributed by atoms with Crippen LogP contribution in [0.25, 0.3) is 0 Å². The number of amides is 1. The number of benzene rings is 2. The van der Waals surface area contributed by atoms with Crippen LogP contribution in [-0.4, -0.2) is 43.8 Å². The van der Waals surface area contributed by atoms with Crippen LogP contribution in [0.15, 0.2) is 47.4 Å². The van der Waals surface area contributed by atoms with Gasteiger partial charge < -0.3 is 10.1 Å². The second kappa shape index (κ2) is 10.5. The normalized spacial score (nSPS) is 16.2. The first-order valence-corrected chi connectivity index (χ1v) is 12.7. The number of esters is 1. The van der Waals surface area contributed by atoms with Crippen LogP contribution in [0.3, 0.4) is 0 Å². The van der Waals surface area contributed by atoms with Crippen LogP contribution < -0.4 is 5.32 Å². The average molecular weight is 473 g/mol. The number of hydrogen-bond acceptors (Lipinski definition) is 5. The molecule has 2 aromatic carbocycles. The number of sulfonamides is 1. The fraction of sp³-hybridized carbons (Fsp3) is 0.440. The van der Waals surface area contributed by atoms with E-state index in [9.17, 15) is 18.0 Å². The summed E-state index contributed by atoms with van der Waals surface area (Å²) in [5.41, 5.74) is 3.76. The lowest BCUT2D eigenvalue weighted by molar-refractivity contribution is -0.158. The van der Waals surface area contributed by atoms with Crippen molar-refractivity contribution in [2.45, 2.75) is 58.0 Å². The van der Waals surface area contributed by atoms with Crippen molar-refractivity contribution >= 4 is 27.6 Å². The maximum Gasteiger partial charge on any atom is 0.309 e. The quantitative estimate of drug-likeness (QED) is 0.618. The molecule has 1 aliphatic heterocycles. The SMILES string of the molecule is CCc1ccc(NC(=O)C(C)OC(=O)C2CCN(S(=O)(=O)c3ccc(C)c(C)c3)CC2)cc1. The summed E-state index contributed by atoms with van der Waals surface area (Å²) < 4.78 is 32.7. The summed E-state index contributed by atoms with van der Waals surface area (Å²) in [6, 6.07) is 12.6. The van der Waals surface area contributed by atoms with E-state index >= 15 is 0 Å². The van der Waals surface area contributed by atoms with Crippen LogP contribution >= 0.6 is 0 Å². The highest BCUT2D eigenvalue weighted by atomic mass is 32.2. The number of carbonyl (C=O) groups is 2. The minimum Gasteiger partial charge on any atom is -0.452 e. The van der Waals surface area contributed by atoms with E-state index in [2.05, 4.69) is 12.2 Å². The molecule has 1 aliphatic rings. The Morgan fingerprint density at radius 3 is 2.27 bits per heavy atom. The summed E-state index contributed by atoms with van der Waals surface area (Å²) in [7, 11) is -3.61. The van der Waals surface area contributed by atoms with Gasteiger partial charge in [0.15, 0.2) is 6.10 Å². The summed E-state index contributed by atoms with van der Waals surface area (Å²) in [4.78, 5) is 25.3. The number of piperidine rings is 1. The number of rotatable bonds is 7. The maximum absolute atomic E-state index is 13.0. The molecule has 33 heavy (non-hydrogen) atoms. The molecule has 0 spiro atoms. The predicted molar refractivity (Wildman–Crippen MR) is 127 cm³/mol. The van der Waals surface area contributed by atoms with Crippen molar-refractivity contribution in [3.05, 3.63) is 59.2 Å². The van der Waals surface area contributed by atoms with E-state index in [1.165, 1.54) is 16.8 Å². The molecule has 178 valence electrons. The number of nitrogens with zero attached hydrogens (tertiary/aromatic N) is 1. The molecule has 1 saturated heterocycles. The molecular formula is C25H32N2O5S. The zero-order valence-electron chi connectivity index (χ0n) is 19.6. The Kier molecular flexibility index (Phi) is 7.92. The molecule has 1 N–H and O–H groups in total. The van der Waals surface area contributed by atoms with E-state index in [1.807, 2.05) is 38.1 Å². The van der Waals surface area contributed by atoms with Gasteiger partial charge in [0, 0.05) is 18.8 Å². The largest absolute Gasteiger partial charge is 0.452 e. The van der Waals surface area contributed by atoms with Crippen molar-refractivity contribution in [3.8, 4) is 0 Å². The van der Waals surface area contributed by atoms with Gasteiger partial charge in [0.1, 0.15) is 0 Å². The molecule has 0 aliphatic carbocycles. The van der Waals surface area contributed by atoms with Gasteiger partial charge in [-0.05, 0) is 81.0 Å². The van der Waals surface area contributed by atoms with E-state index in [1.54, 1.807) is 18.2 Å². The van der Waals surface area contributed by atoms with E-state index in [0.29, 0.717) is 18.5 Å². The van der Waals surface area contributed by atoms with E-state index in [0.717, 1.165) is 17.5 Å². The minimum atomic E-state index is -3.61. The molecule has 1 unspecified atom stereocenters. The van der Waals surface area contributed by atoms with E-state index in [-0.39, 0.29) is 18.0 Å². The molecule has 1 fully saturated rings. The fourth-order valence-electron chi connectivity index (χ4n) is 3.75. The molecular weight excluding hydrogens is 440 g/mol. The van der Waals surface area contributed by atoms with Crippen LogP contribution in [0.2, 0.25) is 0 Å². The average Bonchev–Trinajstić information content (AvgIpc) is 2.81. The van der Waals surface area contributed by atoms with Crippen molar-refractivity contribution in [1.82, 2.24) is 4.31 Å². The van der Waals surface area contributed by atoms with Gasteiger partial charge in [-0.25, -0.2) is 8.42 Å². The van der Waals surface area contributed by atoms with Gasteiger partial charge in [-0.15, -0.1) is 0 Å². The van der Waals surface area contributed by atoms with Crippen LogP contribution in [0, 0.1) is 19.8 Å². The van der Waals surface area contributed by atoms with Gasteiger partial charge in [-0.3, -0.25) is 9.59 Å². The molecule has 0 bridgehead atoms. The zero-order chi connectivity index (χ0) is 24.2. The second-order valence-corrected chi connectivity index (χ2v) is 10.5. The minimum absolute atomic E-state index is 0.235. The summed E-state index contributed by atoms with van der Waals surface area (Å²) in [5.74, 6) is -1.31. The summed E-state index contributed by atoms with van der Waals surface area (Å²) >= 11 is 0. The van der Waals surface area contributed by atoms with Gasteiger partial charge in [-0.1, -0.05) is 25.1 Å². The summed E-state index contributed by atoms with van der Waals surface area (Å²) in [6.07, 6.45) is 0.680. The first-order chi connectivity index (χ1) is 15.6. The molecule has 7 nitrogen and oxygen atoms in total. The van der Waals surface area contributed by atoms with Crippen LogP contribution in [0.4, 0.5) is 5.69 Å². The Labute approximate surface area is 196 Å². The number of carbonyl (C=O) groups excluding carboxylic acids is 2. The maximum atomic E-state index is 13.0. The van der Waals surface area contributed by atoms with E-state index in [4.69, 9.17) is 4.74 Å². The standard InChI is InChI=1S/C25H32N2O5S/c1-5-20-7-9-22(10-8-20)26-24(28)19(4)32-25(29)21-12-14-27(15-13-21)33(30,31)23-11-6-17(2)18(3)16-23/h6-11,16,19,21H,5,12-15H2,1-4H3,(H,26,28). The van der Waals surface area contributed by atoms with Gasteiger partial charge in [0.25, 0.3) is 5.91 Å². The zero-order valence-corrected chi connectivity index (χ0v) is 20.4. The molecule has 8 heteroatoms. The topological polar surface area (TPSA) is 92.8 Å². The van der Waals surface area contributed by atoms with Gasteiger partial charge >= 0.3 is 5.97 Å². The van der Waals surface area contributed by atoms with Crippen LogP contribution in [0.1, 0.15) is 43.4 Å². The molecule has 3 rings (SSSR count). The number of ether oxygens (including phenoxy) is 1. The second-order valence-electron chi connectivity index (χ2n) is 8.54. The van der Waals surface area contributed by atoms with E-state index < -0.39 is 33.9 Å². The number of anilines is 1. The van der Waals surface area contributed by atoms with Crippen molar-refractivity contribution in [2.24, 2.45) is 5.92 Å². The van der Waals surface area contributed by atoms with Crippen molar-refractivity contribution in [3.63, 3.8) is 0 Å². The van der Waals surface area contributed by atoms with Crippen LogP contribution in [0.5, 0.6) is 0 Å². The molecule has 1 heterocycles. The third-order valence-corrected chi connectivity index (χ3v) is 8.09. The number of nitrogens with one attached hydrogen (secondary N) is 1. The van der Waals surface area contributed by atoms with Crippen molar-refractivity contribution in [1.29, 1.82) is 0 Å². The first-order valence-electron chi connectivity index (χ1n) is 11.3. The highest BCUT2D eigenvalue weighted by Gasteiger charge is 2.34. The number of hydrogen-bond donors (Lipinski definition) is 1. The van der Waals surface area contributed by atoms with Crippen LogP contribution in [-0.2, 0) is 30.8 Å². The smallest absolute Gasteiger partial charge is 0.309 e. The lowest BCUT2D eigenvalue weighted by atomic mass is 9.98. The molecule has 0 radical (unpaired) electrons. The first kappa shape index (κ1) is 24.9. The number of aryl methyl sites for hydroxylation is 3. The van der Waals surface area contributed by atoms with Gasteiger partial charge in [0.2, 0.25) is 10.0 Å². The lowest BCUT2D eigenvalue weighted by Crippen LogP contribution is -2.41. The fourth-order valence-corrected chi connectivity index (χ4v) is 5.30. The highest BCUT2D eigenvalue weighted by molar-refractivity contribution is 7.89.